The molecule has 0 aromatic heterocycles. The summed E-state index contributed by atoms with van der Waals surface area (Å²) in [5.74, 6) is -3.34. The Hall–Kier alpha value is -3.13. The maximum Gasteiger partial charge on any atom is 0.338 e. The summed E-state index contributed by atoms with van der Waals surface area (Å²) in [6, 6.07) is 10.2. The topological polar surface area (TPSA) is 178 Å². The van der Waals surface area contributed by atoms with Crippen molar-refractivity contribution in [2.45, 2.75) is 44.4 Å². The van der Waals surface area contributed by atoms with Crippen molar-refractivity contribution in [3.8, 4) is 0 Å². The van der Waals surface area contributed by atoms with E-state index in [1.54, 1.807) is 36.4 Å². The first kappa shape index (κ1) is 29.1. The standard InChI is InChI=1S/C24H30O12/c1-3-15(25)13-36-35-10-14-6-4-8-18-17(14)7-5-9-19(18)22(29)33-11-16(26)12-34-24(31)21(28)20(27)23(30)32-2/h4-9,15-16,20-21,25-28H,3,10-13H2,1-2H3. The summed E-state index contributed by atoms with van der Waals surface area (Å²) in [5, 5.41) is 39.8. The second-order valence-electron chi connectivity index (χ2n) is 7.72. The highest BCUT2D eigenvalue weighted by atomic mass is 17.2. The predicted octanol–water partition coefficient (Wildman–Crippen LogP) is 0.0146. The fourth-order valence-electron chi connectivity index (χ4n) is 2.97. The van der Waals surface area contributed by atoms with Crippen molar-refractivity contribution < 1.29 is 58.8 Å². The highest BCUT2D eigenvalue weighted by Crippen LogP contribution is 2.24. The van der Waals surface area contributed by atoms with Gasteiger partial charge >= 0.3 is 17.9 Å². The van der Waals surface area contributed by atoms with Gasteiger partial charge in [-0.05, 0) is 28.8 Å². The number of benzene rings is 2. The van der Waals surface area contributed by atoms with Crippen molar-refractivity contribution in [1.82, 2.24) is 0 Å². The fourth-order valence-corrected chi connectivity index (χ4v) is 2.97. The molecule has 198 valence electrons. The number of ether oxygens (including phenoxy) is 3. The van der Waals surface area contributed by atoms with Crippen molar-refractivity contribution in [2.75, 3.05) is 26.9 Å². The molecule has 2 aromatic carbocycles. The van der Waals surface area contributed by atoms with E-state index in [0.717, 1.165) is 12.7 Å². The molecule has 2 rings (SSSR count). The highest BCUT2D eigenvalue weighted by molar-refractivity contribution is 6.05. The zero-order valence-corrected chi connectivity index (χ0v) is 19.9. The van der Waals surface area contributed by atoms with Gasteiger partial charge in [-0.2, -0.15) is 0 Å². The van der Waals surface area contributed by atoms with E-state index >= 15 is 0 Å². The van der Waals surface area contributed by atoms with Gasteiger partial charge in [0.15, 0.2) is 12.2 Å². The average Bonchev–Trinajstić information content (AvgIpc) is 2.90. The Morgan fingerprint density at radius 1 is 0.778 bits per heavy atom. The van der Waals surface area contributed by atoms with Crippen molar-refractivity contribution in [2.24, 2.45) is 0 Å². The molecule has 0 radical (unpaired) electrons. The smallest absolute Gasteiger partial charge is 0.338 e. The van der Waals surface area contributed by atoms with E-state index in [1.807, 2.05) is 6.92 Å². The summed E-state index contributed by atoms with van der Waals surface area (Å²) in [5.41, 5.74) is 0.949. The summed E-state index contributed by atoms with van der Waals surface area (Å²) >= 11 is 0. The second-order valence-corrected chi connectivity index (χ2v) is 7.72. The molecule has 0 saturated heterocycles. The maximum atomic E-state index is 12.6. The molecule has 0 heterocycles. The molecule has 0 fully saturated rings. The lowest BCUT2D eigenvalue weighted by molar-refractivity contribution is -0.313. The first-order valence-corrected chi connectivity index (χ1v) is 11.1. The minimum atomic E-state index is -2.21. The molecular formula is C24H30O12. The fraction of sp³-hybridized carbons (Fsp3) is 0.458. The van der Waals surface area contributed by atoms with Crippen LogP contribution < -0.4 is 0 Å². The number of carbonyl (C=O) groups is 3. The molecular weight excluding hydrogens is 480 g/mol. The van der Waals surface area contributed by atoms with Gasteiger partial charge in [0.25, 0.3) is 0 Å². The SMILES string of the molecule is CCC(O)COOCc1cccc2c(C(=O)OCC(O)COC(=O)C(O)C(O)C(=O)OC)cccc12. The molecule has 4 unspecified atom stereocenters. The Bertz CT molecular complexity index is 1020. The molecule has 0 aliphatic heterocycles. The molecule has 2 aromatic rings. The quantitative estimate of drug-likeness (QED) is 0.0881. The number of rotatable bonds is 14. The van der Waals surface area contributed by atoms with Crippen LogP contribution in [0, 0.1) is 0 Å². The van der Waals surface area contributed by atoms with Crippen molar-refractivity contribution in [3.63, 3.8) is 0 Å². The molecule has 0 saturated carbocycles. The molecule has 4 atom stereocenters. The molecule has 0 aliphatic carbocycles. The first-order chi connectivity index (χ1) is 17.2. The van der Waals surface area contributed by atoms with E-state index < -0.39 is 55.5 Å². The zero-order valence-electron chi connectivity index (χ0n) is 19.9. The van der Waals surface area contributed by atoms with E-state index in [4.69, 9.17) is 14.5 Å². The van der Waals surface area contributed by atoms with Gasteiger partial charge in [-0.1, -0.05) is 37.3 Å². The van der Waals surface area contributed by atoms with E-state index in [1.165, 1.54) is 0 Å². The van der Waals surface area contributed by atoms with Crippen LogP contribution in [0.15, 0.2) is 36.4 Å². The van der Waals surface area contributed by atoms with Crippen LogP contribution in [-0.4, -0.2) is 89.7 Å². The van der Waals surface area contributed by atoms with Gasteiger partial charge in [0.2, 0.25) is 0 Å². The van der Waals surface area contributed by atoms with Crippen LogP contribution in [0.3, 0.4) is 0 Å². The number of hydrogen-bond acceptors (Lipinski definition) is 12. The number of fused-ring (bicyclic) bond motifs is 1. The summed E-state index contributed by atoms with van der Waals surface area (Å²) < 4.78 is 14.0. The second kappa shape index (κ2) is 14.4. The Labute approximate surface area is 206 Å². The lowest BCUT2D eigenvalue weighted by Crippen LogP contribution is -2.42. The summed E-state index contributed by atoms with van der Waals surface area (Å²) in [7, 11) is 0.960. The van der Waals surface area contributed by atoms with Crippen molar-refractivity contribution >= 4 is 28.7 Å². The van der Waals surface area contributed by atoms with Gasteiger partial charge in [-0.25, -0.2) is 24.2 Å². The normalized spacial score (nSPS) is 14.5. The van der Waals surface area contributed by atoms with Crippen LogP contribution in [0.4, 0.5) is 0 Å². The molecule has 0 amide bonds. The van der Waals surface area contributed by atoms with Crippen molar-refractivity contribution in [1.29, 1.82) is 0 Å². The highest BCUT2D eigenvalue weighted by Gasteiger charge is 2.32. The maximum absolute atomic E-state index is 12.6. The van der Waals surface area contributed by atoms with Gasteiger partial charge in [0.1, 0.15) is 32.5 Å². The van der Waals surface area contributed by atoms with E-state index in [-0.39, 0.29) is 18.8 Å². The van der Waals surface area contributed by atoms with Crippen LogP contribution in [0.25, 0.3) is 10.8 Å². The van der Waals surface area contributed by atoms with Gasteiger partial charge in [-0.15, -0.1) is 0 Å². The van der Waals surface area contributed by atoms with E-state index in [9.17, 15) is 34.8 Å². The molecule has 36 heavy (non-hydrogen) atoms. The first-order valence-electron chi connectivity index (χ1n) is 11.1. The summed E-state index contributed by atoms with van der Waals surface area (Å²) in [6.45, 7) is 0.720. The number of aliphatic hydroxyl groups is 4. The monoisotopic (exact) mass is 510 g/mol. The molecule has 12 nitrogen and oxygen atoms in total. The third kappa shape index (κ3) is 8.22. The number of esters is 3. The Morgan fingerprint density at radius 2 is 1.42 bits per heavy atom. The van der Waals surface area contributed by atoms with E-state index in [2.05, 4.69) is 9.47 Å². The van der Waals surface area contributed by atoms with Crippen LogP contribution >= 0.6 is 0 Å². The lowest BCUT2D eigenvalue weighted by atomic mass is 10.0. The number of carbonyl (C=O) groups excluding carboxylic acids is 3. The number of methoxy groups -OCH3 is 1. The molecule has 0 bridgehead atoms. The third-order valence-electron chi connectivity index (χ3n) is 5.07. The zero-order chi connectivity index (χ0) is 26.7. The van der Waals surface area contributed by atoms with Crippen LogP contribution in [0.2, 0.25) is 0 Å². The van der Waals surface area contributed by atoms with E-state index in [0.29, 0.717) is 17.2 Å². The summed E-state index contributed by atoms with van der Waals surface area (Å²) in [6.07, 6.45) is -5.89. The average molecular weight is 510 g/mol. The van der Waals surface area contributed by atoms with Crippen molar-refractivity contribution in [3.05, 3.63) is 47.5 Å². The largest absolute Gasteiger partial charge is 0.467 e. The predicted molar refractivity (Wildman–Crippen MR) is 122 cm³/mol. The lowest BCUT2D eigenvalue weighted by Gasteiger charge is -2.17. The van der Waals surface area contributed by atoms with Gasteiger partial charge < -0.3 is 34.6 Å². The number of hydrogen-bond donors (Lipinski definition) is 4. The molecule has 0 spiro atoms. The minimum Gasteiger partial charge on any atom is -0.467 e. The van der Waals surface area contributed by atoms with Gasteiger partial charge in [-0.3, -0.25) is 0 Å². The van der Waals surface area contributed by atoms with Crippen LogP contribution in [0.5, 0.6) is 0 Å². The van der Waals surface area contributed by atoms with Gasteiger partial charge in [0.05, 0.1) is 18.8 Å². The Balaban J connectivity index is 1.93. The summed E-state index contributed by atoms with van der Waals surface area (Å²) in [4.78, 5) is 45.7. The van der Waals surface area contributed by atoms with Crippen LogP contribution in [0.1, 0.15) is 29.3 Å². The molecule has 4 N–H and O–H groups in total. The van der Waals surface area contributed by atoms with Crippen LogP contribution in [-0.2, 0) is 40.2 Å². The molecule has 12 heteroatoms. The number of aliphatic hydroxyl groups excluding tert-OH is 4. The third-order valence-corrected chi connectivity index (χ3v) is 5.07. The molecule has 0 aliphatic rings. The minimum absolute atomic E-state index is 0.0291. The Kier molecular flexibility index (Phi) is 11.7. The van der Waals surface area contributed by atoms with Gasteiger partial charge in [0, 0.05) is 0 Å². The Morgan fingerprint density at radius 3 is 2.11 bits per heavy atom.